The molecule has 0 atom stereocenters. The van der Waals surface area contributed by atoms with Gasteiger partial charge in [0.2, 0.25) is 0 Å². The minimum Gasteiger partial charge on any atom is -0.313 e. The normalized spacial score (nSPS) is 12.9. The topological polar surface area (TPSA) is 34.4 Å². The van der Waals surface area contributed by atoms with Gasteiger partial charge in [-0.2, -0.15) is 4.99 Å². The highest BCUT2D eigenvalue weighted by Gasteiger charge is 2.21. The number of amides is 1. The van der Waals surface area contributed by atoms with E-state index in [9.17, 15) is 4.79 Å². The third-order valence-corrected chi connectivity index (χ3v) is 4.07. The molecule has 0 fully saturated rings. The summed E-state index contributed by atoms with van der Waals surface area (Å²) in [6.45, 7) is 9.95. The summed E-state index contributed by atoms with van der Waals surface area (Å²) < 4.78 is 2.99. The molecule has 0 unspecified atom stereocenters. The molecular weight excluding hydrogens is 292 g/mol. The van der Waals surface area contributed by atoms with Crippen molar-refractivity contribution < 1.29 is 4.79 Å². The molecule has 1 aromatic heterocycles. The number of aromatic nitrogens is 1. The number of halogens is 1. The second-order valence-corrected chi connectivity index (χ2v) is 7.01. The summed E-state index contributed by atoms with van der Waals surface area (Å²) in [5.74, 6) is -0.132. The molecule has 0 aliphatic carbocycles. The first-order valence-electron chi connectivity index (χ1n) is 6.32. The number of thiazole rings is 1. The Kier molecular flexibility index (Phi) is 4.16. The van der Waals surface area contributed by atoms with Crippen LogP contribution in [-0.4, -0.2) is 10.5 Å². The lowest BCUT2D eigenvalue weighted by Gasteiger charge is -2.11. The maximum absolute atomic E-state index is 12.1. The number of carbonyl (C=O) groups excluding carboxylic acids is 1. The molecule has 3 nitrogen and oxygen atoms in total. The molecule has 2 aromatic rings. The van der Waals surface area contributed by atoms with Crippen LogP contribution in [0.5, 0.6) is 0 Å². The number of nitrogens with zero attached hydrogens (tertiary/aromatic N) is 2. The second kappa shape index (κ2) is 5.54. The van der Waals surface area contributed by atoms with Gasteiger partial charge in [-0.3, -0.25) is 4.79 Å². The number of fused-ring (bicyclic) bond motifs is 1. The standard InChI is InChI=1S/C15H17ClN2OS/c1-5-8-18-11-7-6-10(16)9-12(11)20-14(18)17-13(19)15(2,3)4/h5-7,9H,1,8H2,2-4H3. The van der Waals surface area contributed by atoms with E-state index in [1.54, 1.807) is 6.08 Å². The lowest BCUT2D eigenvalue weighted by Crippen LogP contribution is -2.23. The lowest BCUT2D eigenvalue weighted by atomic mass is 9.96. The summed E-state index contributed by atoms with van der Waals surface area (Å²) in [6.07, 6.45) is 1.79. The van der Waals surface area contributed by atoms with E-state index in [4.69, 9.17) is 11.6 Å². The zero-order valence-corrected chi connectivity index (χ0v) is 13.4. The SMILES string of the molecule is C=CCn1c(=NC(=O)C(C)(C)C)sc2cc(Cl)ccc21. The van der Waals surface area contributed by atoms with Crippen LogP contribution < -0.4 is 4.80 Å². The first-order valence-corrected chi connectivity index (χ1v) is 7.51. The summed E-state index contributed by atoms with van der Waals surface area (Å²) in [4.78, 5) is 17.1. The van der Waals surface area contributed by atoms with E-state index in [0.717, 1.165) is 10.2 Å². The van der Waals surface area contributed by atoms with Crippen molar-refractivity contribution in [2.45, 2.75) is 27.3 Å². The van der Waals surface area contributed by atoms with E-state index in [0.29, 0.717) is 16.4 Å². The zero-order valence-electron chi connectivity index (χ0n) is 11.8. The van der Waals surface area contributed by atoms with E-state index in [1.807, 2.05) is 43.5 Å². The predicted octanol–water partition coefficient (Wildman–Crippen LogP) is 4.02. The van der Waals surface area contributed by atoms with Crippen molar-refractivity contribution in [2.24, 2.45) is 10.4 Å². The molecule has 5 heteroatoms. The van der Waals surface area contributed by atoms with Crippen LogP contribution >= 0.6 is 22.9 Å². The molecular formula is C15H17ClN2OS. The van der Waals surface area contributed by atoms with Gasteiger partial charge in [0, 0.05) is 17.0 Å². The number of carbonyl (C=O) groups is 1. The molecule has 0 aliphatic rings. The lowest BCUT2D eigenvalue weighted by molar-refractivity contribution is -0.125. The quantitative estimate of drug-likeness (QED) is 0.772. The highest BCUT2D eigenvalue weighted by atomic mass is 35.5. The molecule has 106 valence electrons. The number of benzene rings is 1. The Hall–Kier alpha value is -1.39. The molecule has 2 rings (SSSR count). The van der Waals surface area contributed by atoms with Gasteiger partial charge in [0.1, 0.15) is 0 Å². The van der Waals surface area contributed by atoms with Gasteiger partial charge in [-0.15, -0.1) is 6.58 Å². The number of allylic oxidation sites excluding steroid dienone is 1. The Morgan fingerprint density at radius 3 is 2.80 bits per heavy atom. The summed E-state index contributed by atoms with van der Waals surface area (Å²) in [7, 11) is 0. The van der Waals surface area contributed by atoms with Crippen LogP contribution in [0.3, 0.4) is 0 Å². The second-order valence-electron chi connectivity index (χ2n) is 5.56. The first-order chi connectivity index (χ1) is 9.32. The molecule has 0 spiro atoms. The summed E-state index contributed by atoms with van der Waals surface area (Å²) in [5.41, 5.74) is 0.527. The highest BCUT2D eigenvalue weighted by molar-refractivity contribution is 7.16. The fourth-order valence-electron chi connectivity index (χ4n) is 1.69. The molecule has 0 aliphatic heterocycles. The molecule has 0 bridgehead atoms. The first kappa shape index (κ1) is 15.0. The molecule has 20 heavy (non-hydrogen) atoms. The van der Waals surface area contributed by atoms with Gasteiger partial charge in [-0.25, -0.2) is 0 Å². The van der Waals surface area contributed by atoms with Gasteiger partial charge in [0.05, 0.1) is 10.2 Å². The van der Waals surface area contributed by atoms with Crippen molar-refractivity contribution in [3.05, 3.63) is 40.7 Å². The van der Waals surface area contributed by atoms with Crippen molar-refractivity contribution in [1.29, 1.82) is 0 Å². The third kappa shape index (κ3) is 3.02. The van der Waals surface area contributed by atoms with Crippen molar-refractivity contribution in [2.75, 3.05) is 0 Å². The van der Waals surface area contributed by atoms with Crippen molar-refractivity contribution in [3.63, 3.8) is 0 Å². The Labute approximate surface area is 127 Å². The van der Waals surface area contributed by atoms with Crippen LogP contribution in [0.1, 0.15) is 20.8 Å². The summed E-state index contributed by atoms with van der Waals surface area (Å²) in [6, 6.07) is 5.67. The van der Waals surface area contributed by atoms with E-state index in [1.165, 1.54) is 11.3 Å². The van der Waals surface area contributed by atoms with Crippen molar-refractivity contribution in [3.8, 4) is 0 Å². The maximum Gasteiger partial charge on any atom is 0.253 e. The number of rotatable bonds is 2. The molecule has 1 aromatic carbocycles. The number of hydrogen-bond donors (Lipinski definition) is 0. The minimum atomic E-state index is -0.486. The third-order valence-electron chi connectivity index (χ3n) is 2.80. The van der Waals surface area contributed by atoms with Gasteiger partial charge in [-0.1, -0.05) is 49.8 Å². The minimum absolute atomic E-state index is 0.132. The van der Waals surface area contributed by atoms with Crippen molar-refractivity contribution >= 4 is 39.1 Å². The largest absolute Gasteiger partial charge is 0.313 e. The van der Waals surface area contributed by atoms with E-state index in [2.05, 4.69) is 11.6 Å². The fourth-order valence-corrected chi connectivity index (χ4v) is 3.01. The Bertz CT molecular complexity index is 734. The van der Waals surface area contributed by atoms with Gasteiger partial charge in [0.15, 0.2) is 4.80 Å². The molecule has 1 amide bonds. The van der Waals surface area contributed by atoms with Crippen LogP contribution in [0.4, 0.5) is 0 Å². The Morgan fingerprint density at radius 1 is 1.50 bits per heavy atom. The predicted molar refractivity (Wildman–Crippen MR) is 85.0 cm³/mol. The van der Waals surface area contributed by atoms with E-state index < -0.39 is 5.41 Å². The summed E-state index contributed by atoms with van der Waals surface area (Å²) in [5, 5.41) is 0.679. The average molecular weight is 309 g/mol. The Morgan fingerprint density at radius 2 is 2.20 bits per heavy atom. The van der Waals surface area contributed by atoms with Crippen molar-refractivity contribution in [1.82, 2.24) is 4.57 Å². The Balaban J connectivity index is 2.69. The maximum atomic E-state index is 12.1. The van der Waals surface area contributed by atoms with E-state index >= 15 is 0 Å². The molecule has 0 saturated carbocycles. The van der Waals surface area contributed by atoms with Gasteiger partial charge >= 0.3 is 0 Å². The van der Waals surface area contributed by atoms with Gasteiger partial charge < -0.3 is 4.57 Å². The average Bonchev–Trinajstić information content (AvgIpc) is 2.66. The zero-order chi connectivity index (χ0) is 14.9. The van der Waals surface area contributed by atoms with Gasteiger partial charge in [0.25, 0.3) is 5.91 Å². The number of hydrogen-bond acceptors (Lipinski definition) is 2. The van der Waals surface area contributed by atoms with Crippen LogP contribution in [0, 0.1) is 5.41 Å². The fraction of sp³-hybridized carbons (Fsp3) is 0.333. The van der Waals surface area contributed by atoms with Gasteiger partial charge in [-0.05, 0) is 18.2 Å². The smallest absolute Gasteiger partial charge is 0.253 e. The van der Waals surface area contributed by atoms with Crippen LogP contribution in [0.25, 0.3) is 10.2 Å². The monoisotopic (exact) mass is 308 g/mol. The van der Waals surface area contributed by atoms with Crippen LogP contribution in [-0.2, 0) is 11.3 Å². The molecule has 0 N–H and O–H groups in total. The molecule has 1 heterocycles. The van der Waals surface area contributed by atoms with Crippen LogP contribution in [0.2, 0.25) is 5.02 Å². The molecule has 0 radical (unpaired) electrons. The van der Waals surface area contributed by atoms with E-state index in [-0.39, 0.29) is 5.91 Å². The highest BCUT2D eigenvalue weighted by Crippen LogP contribution is 2.22. The summed E-state index contributed by atoms with van der Waals surface area (Å²) >= 11 is 7.48. The molecule has 0 saturated heterocycles. The van der Waals surface area contributed by atoms with Crippen LogP contribution in [0.15, 0.2) is 35.8 Å².